The van der Waals surface area contributed by atoms with Gasteiger partial charge in [-0.05, 0) is 79.3 Å². The molecule has 1 aromatic heterocycles. The molecule has 3 amide bonds. The number of aromatic nitrogens is 1. The first kappa shape index (κ1) is 40.8. The number of hydrogen-bond donors (Lipinski definition) is 1. The average Bonchev–Trinajstić information content (AvgIpc) is 3.72. The Morgan fingerprint density at radius 1 is 0.947 bits per heavy atom. The number of fused-ring (bicyclic) bond motifs is 1. The van der Waals surface area contributed by atoms with Gasteiger partial charge in [0.1, 0.15) is 25.0 Å². The van der Waals surface area contributed by atoms with Crippen LogP contribution >= 0.6 is 11.8 Å². The molecule has 3 aliphatic rings. The molecule has 0 spiro atoms. The van der Waals surface area contributed by atoms with Gasteiger partial charge >= 0.3 is 12.1 Å². The number of likely N-dealkylation sites (tertiary alicyclic amines) is 1. The van der Waals surface area contributed by atoms with Crippen LogP contribution in [0.25, 0.3) is 0 Å². The smallest absolute Gasteiger partial charge is 0.410 e. The van der Waals surface area contributed by atoms with Gasteiger partial charge in [0.05, 0.1) is 27.9 Å². The van der Waals surface area contributed by atoms with Crippen molar-refractivity contribution < 1.29 is 43.6 Å². The van der Waals surface area contributed by atoms with Gasteiger partial charge in [-0.1, -0.05) is 6.92 Å². The molecule has 2 aromatic carbocycles. The van der Waals surface area contributed by atoms with Crippen molar-refractivity contribution in [1.29, 1.82) is 0 Å². The Morgan fingerprint density at radius 2 is 1.53 bits per heavy atom. The molecule has 4 heterocycles. The summed E-state index contributed by atoms with van der Waals surface area (Å²) in [4.78, 5) is 84.9. The summed E-state index contributed by atoms with van der Waals surface area (Å²) in [6, 6.07) is 13.5. The minimum Gasteiger partial charge on any atom is -0.456 e. The molecule has 0 radical (unpaired) electrons. The van der Waals surface area contributed by atoms with Crippen LogP contribution in [0.3, 0.4) is 0 Å². The Kier molecular flexibility index (Phi) is 12.5. The van der Waals surface area contributed by atoms with Gasteiger partial charge in [0, 0.05) is 72.9 Å². The number of carbonyl (C=O) groups is 4. The number of non-ortho nitro benzene ring substituents is 2. The van der Waals surface area contributed by atoms with Crippen LogP contribution in [0.5, 0.6) is 0 Å². The first-order chi connectivity index (χ1) is 27.2. The number of β-lactam (4-membered cyclic amide) rings is 1. The molecular formula is C39H42N6O11S. The molecule has 2 fully saturated rings. The van der Waals surface area contributed by atoms with Crippen molar-refractivity contribution in [2.75, 3.05) is 20.1 Å². The lowest BCUT2D eigenvalue weighted by atomic mass is 9.79. The first-order valence-corrected chi connectivity index (χ1v) is 19.3. The maximum Gasteiger partial charge on any atom is 0.410 e. The SMILES string of the molecule is CC(O)[C@H]1C(=O)N2C(C(=O)OCc3ccc([N+](=O)[O-])cc3)=C(S[C@H]3C[C@@H](C(=O)N(C)CCCc4ccncc4)N(C(=O)OCc4ccc([N+](=O)[O-])cc4)C3)[C@H](C)[C@H]12. The predicted octanol–water partition coefficient (Wildman–Crippen LogP) is 4.61. The van der Waals surface area contributed by atoms with Gasteiger partial charge in [-0.25, -0.2) is 9.59 Å². The summed E-state index contributed by atoms with van der Waals surface area (Å²) in [5.41, 5.74) is 1.87. The summed E-state index contributed by atoms with van der Waals surface area (Å²) in [6.07, 6.45) is 3.24. The average molecular weight is 803 g/mol. The topological polar surface area (TPSA) is 216 Å². The second-order valence-corrected chi connectivity index (χ2v) is 15.6. The first-order valence-electron chi connectivity index (χ1n) is 18.4. The van der Waals surface area contributed by atoms with Crippen molar-refractivity contribution in [3.63, 3.8) is 0 Å². The fourth-order valence-corrected chi connectivity index (χ4v) is 9.00. The monoisotopic (exact) mass is 802 g/mol. The van der Waals surface area contributed by atoms with E-state index in [1.807, 2.05) is 19.1 Å². The number of aryl methyl sites for hydroxylation is 1. The lowest BCUT2D eigenvalue weighted by Gasteiger charge is -2.46. The van der Waals surface area contributed by atoms with Gasteiger partial charge in [-0.15, -0.1) is 11.8 Å². The Hall–Kier alpha value is -5.88. The van der Waals surface area contributed by atoms with Gasteiger partial charge < -0.3 is 24.4 Å². The van der Waals surface area contributed by atoms with Crippen LogP contribution in [0.1, 0.15) is 43.4 Å². The van der Waals surface area contributed by atoms with E-state index in [-0.39, 0.29) is 49.2 Å². The normalized spacial score (nSPS) is 21.8. The molecular weight excluding hydrogens is 761 g/mol. The van der Waals surface area contributed by atoms with E-state index in [0.29, 0.717) is 35.4 Å². The van der Waals surface area contributed by atoms with Crippen molar-refractivity contribution in [3.8, 4) is 0 Å². The largest absolute Gasteiger partial charge is 0.456 e. The van der Waals surface area contributed by atoms with Gasteiger partial charge in [0.15, 0.2) is 0 Å². The third-order valence-electron chi connectivity index (χ3n) is 10.5. The zero-order valence-corrected chi connectivity index (χ0v) is 32.3. The highest BCUT2D eigenvalue weighted by atomic mass is 32.2. The van der Waals surface area contributed by atoms with Crippen LogP contribution in [0, 0.1) is 32.1 Å². The van der Waals surface area contributed by atoms with Gasteiger partial charge in [0.2, 0.25) is 11.8 Å². The van der Waals surface area contributed by atoms with Gasteiger partial charge in [0.25, 0.3) is 11.4 Å². The van der Waals surface area contributed by atoms with Crippen LogP contribution in [0.15, 0.2) is 83.7 Å². The molecule has 57 heavy (non-hydrogen) atoms. The van der Waals surface area contributed by atoms with Crippen LogP contribution in [-0.4, -0.2) is 102 Å². The Labute approximate surface area is 331 Å². The lowest BCUT2D eigenvalue weighted by molar-refractivity contribution is -0.385. The molecule has 0 saturated carbocycles. The molecule has 0 aliphatic carbocycles. The van der Waals surface area contributed by atoms with Crippen molar-refractivity contribution in [3.05, 3.63) is 121 Å². The number of likely N-dealkylation sites (N-methyl/N-ethyl adjacent to an activating group) is 1. The molecule has 3 aromatic rings. The number of rotatable bonds is 15. The maximum absolute atomic E-state index is 14.0. The number of pyridine rings is 1. The number of carbonyl (C=O) groups excluding carboxylic acids is 4. The lowest BCUT2D eigenvalue weighted by Crippen LogP contribution is -2.63. The van der Waals surface area contributed by atoms with E-state index in [2.05, 4.69) is 4.98 Å². The fourth-order valence-electron chi connectivity index (χ4n) is 7.47. The van der Waals surface area contributed by atoms with E-state index in [4.69, 9.17) is 9.47 Å². The molecule has 0 bridgehead atoms. The minimum atomic E-state index is -0.980. The number of esters is 1. The van der Waals surface area contributed by atoms with Crippen LogP contribution < -0.4 is 0 Å². The Bertz CT molecular complexity index is 2050. The molecule has 3 aliphatic heterocycles. The molecule has 18 heteroatoms. The van der Waals surface area contributed by atoms with E-state index in [1.54, 1.807) is 24.3 Å². The number of nitro benzene ring substituents is 2. The van der Waals surface area contributed by atoms with Crippen LogP contribution in [-0.2, 0) is 43.5 Å². The highest BCUT2D eigenvalue weighted by Crippen LogP contribution is 2.52. The standard InChI is InChI=1S/C39H42N6O11S/c1-23-33-32(24(2)46)37(48)43(33)34(38(49)55-21-26-6-10-28(11-7-26)44(51)52)35(23)57-30-19-31(36(47)41(3)18-4-5-25-14-16-40-17-15-25)42(20-30)39(50)56-22-27-8-12-29(13-9-27)45(53)54/h6-17,23-24,30-33,46H,4-5,18-22H2,1-3H3/t23-,24?,30+,31+,32-,33-/m1/s1. The third-order valence-corrected chi connectivity index (χ3v) is 12.0. The van der Waals surface area contributed by atoms with E-state index < -0.39 is 63.1 Å². The Balaban J connectivity index is 1.21. The van der Waals surface area contributed by atoms with E-state index in [9.17, 15) is 44.5 Å². The fraction of sp³-hybridized carbons (Fsp3) is 0.410. The van der Waals surface area contributed by atoms with Crippen LogP contribution in [0.4, 0.5) is 16.2 Å². The number of hydrogen-bond acceptors (Lipinski definition) is 13. The third kappa shape index (κ3) is 8.91. The number of ether oxygens (including phenoxy) is 2. The van der Waals surface area contributed by atoms with Gasteiger partial charge in [-0.3, -0.25) is 39.7 Å². The van der Waals surface area contributed by atoms with Crippen molar-refractivity contribution in [2.24, 2.45) is 11.8 Å². The summed E-state index contributed by atoms with van der Waals surface area (Å²) >= 11 is 1.28. The number of aliphatic hydroxyl groups is 1. The molecule has 300 valence electrons. The summed E-state index contributed by atoms with van der Waals surface area (Å²) in [5.74, 6) is -2.67. The molecule has 17 nitrogen and oxygen atoms in total. The molecule has 6 atom stereocenters. The van der Waals surface area contributed by atoms with Crippen LogP contribution in [0.2, 0.25) is 0 Å². The minimum absolute atomic E-state index is 0.0246. The van der Waals surface area contributed by atoms with Crippen molar-refractivity contribution in [2.45, 2.75) is 69.8 Å². The highest BCUT2D eigenvalue weighted by molar-refractivity contribution is 8.03. The highest BCUT2D eigenvalue weighted by Gasteiger charge is 2.60. The number of aliphatic hydroxyl groups excluding tert-OH is 1. The second kappa shape index (κ2) is 17.5. The summed E-state index contributed by atoms with van der Waals surface area (Å²) in [7, 11) is 1.67. The number of nitrogens with zero attached hydrogens (tertiary/aromatic N) is 6. The molecule has 1 unspecified atom stereocenters. The van der Waals surface area contributed by atoms with E-state index in [0.717, 1.165) is 5.56 Å². The summed E-state index contributed by atoms with van der Waals surface area (Å²) in [5, 5.41) is 32.2. The number of amides is 3. The maximum atomic E-state index is 14.0. The van der Waals surface area contributed by atoms with E-state index in [1.165, 1.54) is 77.0 Å². The van der Waals surface area contributed by atoms with E-state index >= 15 is 0 Å². The molecule has 2 saturated heterocycles. The van der Waals surface area contributed by atoms with Gasteiger partial charge in [-0.2, -0.15) is 0 Å². The zero-order chi connectivity index (χ0) is 41.0. The predicted molar refractivity (Wildman–Crippen MR) is 205 cm³/mol. The number of benzene rings is 2. The number of nitro groups is 2. The Morgan fingerprint density at radius 3 is 2.09 bits per heavy atom. The van der Waals surface area contributed by atoms with Crippen molar-refractivity contribution >= 4 is 47.0 Å². The zero-order valence-electron chi connectivity index (χ0n) is 31.5. The summed E-state index contributed by atoms with van der Waals surface area (Å²) < 4.78 is 11.3. The second-order valence-electron chi connectivity index (χ2n) is 14.3. The van der Waals surface area contributed by atoms with Crippen molar-refractivity contribution in [1.82, 2.24) is 19.7 Å². The molecule has 1 N–H and O–H groups in total. The summed E-state index contributed by atoms with van der Waals surface area (Å²) in [6.45, 7) is 3.42. The quantitative estimate of drug-likeness (QED) is 0.0963. The number of thioether (sulfide) groups is 1. The molecule has 6 rings (SSSR count).